The fourth-order valence-electron chi connectivity index (χ4n) is 2.29. The minimum absolute atomic E-state index is 0.247. The number of ether oxygens (including phenoxy) is 2. The van der Waals surface area contributed by atoms with Crippen LogP contribution < -0.4 is 14.6 Å². The summed E-state index contributed by atoms with van der Waals surface area (Å²) in [4.78, 5) is 23.1. The van der Waals surface area contributed by atoms with Crippen molar-refractivity contribution in [3.8, 4) is 11.5 Å². The highest BCUT2D eigenvalue weighted by Gasteiger charge is 2.09. The van der Waals surface area contributed by atoms with Crippen molar-refractivity contribution in [2.45, 2.75) is 6.42 Å². The maximum atomic E-state index is 12.3. The molecule has 0 aliphatic rings. The molecule has 5 heteroatoms. The second-order valence-electron chi connectivity index (χ2n) is 5.01. The van der Waals surface area contributed by atoms with Crippen molar-refractivity contribution < 1.29 is 24.2 Å². The highest BCUT2D eigenvalue weighted by Crippen LogP contribution is 2.22. The van der Waals surface area contributed by atoms with Gasteiger partial charge < -0.3 is 19.4 Å². The minimum Gasteiger partial charge on any atom is -0.550 e. The number of rotatable bonds is 7. The van der Waals surface area contributed by atoms with E-state index in [1.165, 1.54) is 19.3 Å². The Morgan fingerprint density at radius 2 is 1.75 bits per heavy atom. The van der Waals surface area contributed by atoms with Gasteiger partial charge in [-0.25, -0.2) is 0 Å². The van der Waals surface area contributed by atoms with Crippen LogP contribution in [0.3, 0.4) is 0 Å². The predicted molar refractivity (Wildman–Crippen MR) is 88.1 cm³/mol. The molecule has 124 valence electrons. The van der Waals surface area contributed by atoms with Crippen LogP contribution in [-0.2, 0) is 11.2 Å². The monoisotopic (exact) mass is 325 g/mol. The van der Waals surface area contributed by atoms with Gasteiger partial charge in [-0.15, -0.1) is 0 Å². The molecule has 0 saturated heterocycles. The molecule has 0 aliphatic carbocycles. The number of ketones is 1. The number of hydrogen-bond acceptors (Lipinski definition) is 5. The summed E-state index contributed by atoms with van der Waals surface area (Å²) in [6, 6.07) is 12.0. The van der Waals surface area contributed by atoms with Crippen LogP contribution in [0.2, 0.25) is 0 Å². The first kappa shape index (κ1) is 17.3. The summed E-state index contributed by atoms with van der Waals surface area (Å²) >= 11 is 0. The molecule has 0 aliphatic heterocycles. The molecular formula is C19H17O5-. The lowest BCUT2D eigenvalue weighted by atomic mass is 10.0. The maximum absolute atomic E-state index is 12.3. The molecule has 0 fully saturated rings. The Morgan fingerprint density at radius 1 is 1.04 bits per heavy atom. The fraction of sp³-hybridized carbons (Fsp3) is 0.158. The van der Waals surface area contributed by atoms with Gasteiger partial charge in [-0.2, -0.15) is 0 Å². The lowest BCUT2D eigenvalue weighted by Gasteiger charge is -2.10. The van der Waals surface area contributed by atoms with E-state index in [1.54, 1.807) is 31.4 Å². The van der Waals surface area contributed by atoms with Gasteiger partial charge in [0.15, 0.2) is 5.78 Å². The molecule has 0 heterocycles. The molecule has 0 unspecified atom stereocenters. The molecule has 2 aromatic rings. The molecular weight excluding hydrogens is 308 g/mol. The van der Waals surface area contributed by atoms with Gasteiger partial charge in [0, 0.05) is 29.1 Å². The number of hydrogen-bond donors (Lipinski definition) is 0. The number of carboxylic acids is 1. The van der Waals surface area contributed by atoms with E-state index in [0.29, 0.717) is 22.6 Å². The molecule has 0 atom stereocenters. The minimum atomic E-state index is -1.23. The Labute approximate surface area is 140 Å². The SMILES string of the molecule is COc1ccccc1/C=C/C(=O)c1ccc(OC)c(CC(=O)[O-])c1. The van der Waals surface area contributed by atoms with Crippen LogP contribution in [0.1, 0.15) is 21.5 Å². The summed E-state index contributed by atoms with van der Waals surface area (Å²) in [5, 5.41) is 10.8. The number of carbonyl (C=O) groups is 2. The molecule has 0 radical (unpaired) electrons. The fourth-order valence-corrected chi connectivity index (χ4v) is 2.29. The molecule has 24 heavy (non-hydrogen) atoms. The van der Waals surface area contributed by atoms with Crippen molar-refractivity contribution in [3.63, 3.8) is 0 Å². The Balaban J connectivity index is 2.26. The van der Waals surface area contributed by atoms with Crippen LogP contribution in [0.5, 0.6) is 11.5 Å². The number of aliphatic carboxylic acids is 1. The summed E-state index contributed by atoms with van der Waals surface area (Å²) in [5.74, 6) is -0.413. The van der Waals surface area contributed by atoms with Gasteiger partial charge in [0.1, 0.15) is 11.5 Å². The van der Waals surface area contributed by atoms with Gasteiger partial charge in [0.2, 0.25) is 0 Å². The standard InChI is InChI=1S/C19H18O5/c1-23-17-6-4-3-5-13(17)7-9-16(20)14-8-10-18(24-2)15(11-14)12-19(21)22/h3-11H,12H2,1-2H3,(H,21,22)/p-1/b9-7+. The second kappa shape index (κ2) is 7.97. The van der Waals surface area contributed by atoms with Crippen molar-refractivity contribution in [2.24, 2.45) is 0 Å². The molecule has 0 saturated carbocycles. The Bertz CT molecular complexity index is 777. The lowest BCUT2D eigenvalue weighted by molar-refractivity contribution is -0.304. The van der Waals surface area contributed by atoms with Gasteiger partial charge in [-0.05, 0) is 36.4 Å². The van der Waals surface area contributed by atoms with E-state index in [-0.39, 0.29) is 12.2 Å². The number of benzene rings is 2. The number of methoxy groups -OCH3 is 2. The molecule has 0 aromatic heterocycles. The third-order valence-corrected chi connectivity index (χ3v) is 3.45. The van der Waals surface area contributed by atoms with Gasteiger partial charge in [0.05, 0.1) is 14.2 Å². The summed E-state index contributed by atoms with van der Waals surface area (Å²) in [6.07, 6.45) is 2.76. The Hall–Kier alpha value is -3.08. The third kappa shape index (κ3) is 4.23. The average Bonchev–Trinajstić information content (AvgIpc) is 2.59. The van der Waals surface area contributed by atoms with Crippen molar-refractivity contribution in [2.75, 3.05) is 14.2 Å². The second-order valence-corrected chi connectivity index (χ2v) is 5.01. The summed E-state index contributed by atoms with van der Waals surface area (Å²) in [5.41, 5.74) is 1.55. The Kier molecular flexibility index (Phi) is 5.73. The quantitative estimate of drug-likeness (QED) is 0.574. The highest BCUT2D eigenvalue weighted by atomic mass is 16.5. The Morgan fingerprint density at radius 3 is 2.42 bits per heavy atom. The molecule has 0 spiro atoms. The van der Waals surface area contributed by atoms with E-state index in [0.717, 1.165) is 5.56 Å². The zero-order valence-corrected chi connectivity index (χ0v) is 13.4. The van der Waals surface area contributed by atoms with E-state index >= 15 is 0 Å². The largest absolute Gasteiger partial charge is 0.550 e. The van der Waals surface area contributed by atoms with Gasteiger partial charge in [-0.3, -0.25) is 4.79 Å². The molecule has 2 aromatic carbocycles. The smallest absolute Gasteiger partial charge is 0.185 e. The normalized spacial score (nSPS) is 10.6. The first-order valence-electron chi connectivity index (χ1n) is 7.27. The van der Waals surface area contributed by atoms with Crippen LogP contribution in [0, 0.1) is 0 Å². The third-order valence-electron chi connectivity index (χ3n) is 3.45. The topological polar surface area (TPSA) is 75.7 Å². The van der Waals surface area contributed by atoms with E-state index in [9.17, 15) is 14.7 Å². The molecule has 0 bridgehead atoms. The van der Waals surface area contributed by atoms with Crippen molar-refractivity contribution in [3.05, 3.63) is 65.2 Å². The number of para-hydroxylation sites is 1. The maximum Gasteiger partial charge on any atom is 0.185 e. The predicted octanol–water partition coefficient (Wildman–Crippen LogP) is 1.89. The van der Waals surface area contributed by atoms with Crippen LogP contribution in [-0.4, -0.2) is 26.0 Å². The average molecular weight is 325 g/mol. The molecule has 5 nitrogen and oxygen atoms in total. The number of carboxylic acid groups (broad SMARTS) is 1. The van der Waals surface area contributed by atoms with Gasteiger partial charge in [0.25, 0.3) is 0 Å². The summed E-state index contributed by atoms with van der Waals surface area (Å²) in [7, 11) is 3.00. The molecule has 2 rings (SSSR count). The van der Waals surface area contributed by atoms with Crippen LogP contribution >= 0.6 is 0 Å². The van der Waals surface area contributed by atoms with E-state index in [1.807, 2.05) is 18.2 Å². The van der Waals surface area contributed by atoms with Crippen LogP contribution in [0.25, 0.3) is 6.08 Å². The van der Waals surface area contributed by atoms with Crippen LogP contribution in [0.4, 0.5) is 0 Å². The van der Waals surface area contributed by atoms with Crippen molar-refractivity contribution in [1.82, 2.24) is 0 Å². The van der Waals surface area contributed by atoms with Crippen molar-refractivity contribution in [1.29, 1.82) is 0 Å². The first-order valence-corrected chi connectivity index (χ1v) is 7.27. The van der Waals surface area contributed by atoms with Crippen molar-refractivity contribution >= 4 is 17.8 Å². The zero-order chi connectivity index (χ0) is 17.5. The number of allylic oxidation sites excluding steroid dienone is 1. The summed E-state index contributed by atoms with van der Waals surface area (Å²) in [6.45, 7) is 0. The highest BCUT2D eigenvalue weighted by molar-refractivity contribution is 6.07. The zero-order valence-electron chi connectivity index (χ0n) is 13.4. The molecule has 0 N–H and O–H groups in total. The van der Waals surface area contributed by atoms with Crippen LogP contribution in [0.15, 0.2) is 48.5 Å². The van der Waals surface area contributed by atoms with Gasteiger partial charge in [-0.1, -0.05) is 18.2 Å². The van der Waals surface area contributed by atoms with E-state index < -0.39 is 5.97 Å². The van der Waals surface area contributed by atoms with E-state index in [2.05, 4.69) is 0 Å². The lowest BCUT2D eigenvalue weighted by Crippen LogP contribution is -2.24. The van der Waals surface area contributed by atoms with E-state index in [4.69, 9.17) is 9.47 Å². The summed E-state index contributed by atoms with van der Waals surface area (Å²) < 4.78 is 10.3. The van der Waals surface area contributed by atoms with Gasteiger partial charge >= 0.3 is 0 Å². The number of carbonyl (C=O) groups excluding carboxylic acids is 2. The first-order chi connectivity index (χ1) is 11.5. The molecule has 0 amide bonds.